The Morgan fingerprint density at radius 3 is 3.06 bits per heavy atom. The van der Waals surface area contributed by atoms with Crippen LogP contribution in [0.4, 0.5) is 4.39 Å². The molecule has 3 rings (SSSR count). The van der Waals surface area contributed by atoms with Gasteiger partial charge < -0.3 is 9.52 Å². The number of hydrogen-bond donors (Lipinski definition) is 1. The molecule has 0 saturated carbocycles. The molecule has 1 N–H and O–H groups in total. The van der Waals surface area contributed by atoms with E-state index in [2.05, 4.69) is 0 Å². The van der Waals surface area contributed by atoms with E-state index in [1.54, 1.807) is 30.0 Å². The first-order chi connectivity index (χ1) is 8.61. The van der Waals surface area contributed by atoms with Crippen LogP contribution in [0.1, 0.15) is 25.5 Å². The predicted octanol–water partition coefficient (Wildman–Crippen LogP) is 3.68. The Labute approximate surface area is 109 Å². The summed E-state index contributed by atoms with van der Waals surface area (Å²) in [4.78, 5) is 0. The first-order valence-electron chi connectivity index (χ1n) is 6.14. The summed E-state index contributed by atoms with van der Waals surface area (Å²) in [6, 6.07) is 6.59. The van der Waals surface area contributed by atoms with Crippen molar-refractivity contribution < 1.29 is 13.9 Å². The van der Waals surface area contributed by atoms with Gasteiger partial charge in [-0.2, -0.15) is 11.8 Å². The van der Waals surface area contributed by atoms with E-state index < -0.39 is 5.60 Å². The minimum Gasteiger partial charge on any atom is -0.455 e. The van der Waals surface area contributed by atoms with Crippen LogP contribution in [-0.4, -0.2) is 16.1 Å². The van der Waals surface area contributed by atoms with Crippen molar-refractivity contribution in [3.05, 3.63) is 35.8 Å². The van der Waals surface area contributed by atoms with Crippen LogP contribution >= 0.6 is 11.8 Å². The van der Waals surface area contributed by atoms with Crippen LogP contribution in [-0.2, 0) is 5.60 Å². The molecule has 18 heavy (non-hydrogen) atoms. The molecule has 1 aliphatic heterocycles. The highest BCUT2D eigenvalue weighted by molar-refractivity contribution is 8.00. The topological polar surface area (TPSA) is 33.4 Å². The molecule has 0 radical (unpaired) electrons. The maximum Gasteiger partial charge on any atom is 0.170 e. The molecule has 4 heteroatoms. The standard InChI is InChI=1S/C14H15FO2S/c1-9-14(16,6-3-7-18-9)12-8-10-4-2-5-11(15)13(10)17-12/h2,4-5,8-9,16H,3,6-7H2,1H3. The van der Waals surface area contributed by atoms with Gasteiger partial charge in [-0.25, -0.2) is 4.39 Å². The van der Waals surface area contributed by atoms with Gasteiger partial charge in [0.05, 0.1) is 0 Å². The third-order valence-electron chi connectivity index (χ3n) is 3.67. The summed E-state index contributed by atoms with van der Waals surface area (Å²) < 4.78 is 19.2. The maximum atomic E-state index is 13.6. The van der Waals surface area contributed by atoms with Gasteiger partial charge in [0.25, 0.3) is 0 Å². The molecule has 1 fully saturated rings. The molecule has 2 nitrogen and oxygen atoms in total. The van der Waals surface area contributed by atoms with Gasteiger partial charge in [0.1, 0.15) is 11.4 Å². The maximum absolute atomic E-state index is 13.6. The average molecular weight is 266 g/mol. The largest absolute Gasteiger partial charge is 0.455 e. The van der Waals surface area contributed by atoms with E-state index in [1.807, 2.05) is 6.92 Å². The highest BCUT2D eigenvalue weighted by Gasteiger charge is 2.41. The second-order valence-corrected chi connectivity index (χ2v) is 6.26. The molecule has 0 spiro atoms. The summed E-state index contributed by atoms with van der Waals surface area (Å²) in [6.45, 7) is 1.99. The number of fused-ring (bicyclic) bond motifs is 1. The number of benzene rings is 1. The number of furan rings is 1. The number of aliphatic hydroxyl groups is 1. The Bertz CT molecular complexity index is 580. The van der Waals surface area contributed by atoms with Gasteiger partial charge >= 0.3 is 0 Å². The Morgan fingerprint density at radius 1 is 1.50 bits per heavy atom. The highest BCUT2D eigenvalue weighted by atomic mass is 32.2. The molecule has 2 heterocycles. The van der Waals surface area contributed by atoms with Crippen LogP contribution in [0.25, 0.3) is 11.0 Å². The zero-order valence-corrected chi connectivity index (χ0v) is 11.0. The quantitative estimate of drug-likeness (QED) is 0.855. The number of halogens is 1. The highest BCUT2D eigenvalue weighted by Crippen LogP contribution is 2.43. The van der Waals surface area contributed by atoms with Gasteiger partial charge in [-0.15, -0.1) is 0 Å². The van der Waals surface area contributed by atoms with E-state index in [4.69, 9.17) is 4.42 Å². The average Bonchev–Trinajstić information content (AvgIpc) is 2.79. The number of hydrogen-bond acceptors (Lipinski definition) is 3. The molecule has 0 amide bonds. The van der Waals surface area contributed by atoms with E-state index in [0.717, 1.165) is 12.2 Å². The van der Waals surface area contributed by atoms with Crippen LogP contribution < -0.4 is 0 Å². The van der Waals surface area contributed by atoms with Crippen LogP contribution in [0.2, 0.25) is 0 Å². The van der Waals surface area contributed by atoms with Gasteiger partial charge in [0.15, 0.2) is 11.4 Å². The van der Waals surface area contributed by atoms with Crippen molar-refractivity contribution in [2.24, 2.45) is 0 Å². The van der Waals surface area contributed by atoms with Crippen molar-refractivity contribution >= 4 is 22.7 Å². The molecule has 0 bridgehead atoms. The first kappa shape index (κ1) is 12.1. The summed E-state index contributed by atoms with van der Waals surface area (Å²) in [7, 11) is 0. The van der Waals surface area contributed by atoms with Crippen LogP contribution in [0.15, 0.2) is 28.7 Å². The van der Waals surface area contributed by atoms with E-state index in [9.17, 15) is 9.50 Å². The lowest BCUT2D eigenvalue weighted by Crippen LogP contribution is -2.38. The molecule has 0 aliphatic carbocycles. The normalized spacial score (nSPS) is 28.7. The van der Waals surface area contributed by atoms with Crippen molar-refractivity contribution in [2.45, 2.75) is 30.6 Å². The molecule has 2 aromatic rings. The van der Waals surface area contributed by atoms with Crippen molar-refractivity contribution in [1.82, 2.24) is 0 Å². The molecule has 1 saturated heterocycles. The van der Waals surface area contributed by atoms with E-state index in [0.29, 0.717) is 17.6 Å². The Morgan fingerprint density at radius 2 is 2.33 bits per heavy atom. The molecular formula is C14H15FO2S. The molecular weight excluding hydrogens is 251 g/mol. The predicted molar refractivity (Wildman–Crippen MR) is 71.2 cm³/mol. The molecule has 1 aromatic heterocycles. The third-order valence-corrected chi connectivity index (χ3v) is 5.08. The Kier molecular flexibility index (Phi) is 2.87. The van der Waals surface area contributed by atoms with Crippen molar-refractivity contribution in [3.8, 4) is 0 Å². The molecule has 2 unspecified atom stereocenters. The van der Waals surface area contributed by atoms with Crippen LogP contribution in [0.5, 0.6) is 0 Å². The van der Waals surface area contributed by atoms with Gasteiger partial charge in [-0.1, -0.05) is 19.1 Å². The molecule has 96 valence electrons. The van der Waals surface area contributed by atoms with Gasteiger partial charge in [-0.3, -0.25) is 0 Å². The number of para-hydroxylation sites is 1. The lowest BCUT2D eigenvalue weighted by Gasteiger charge is -2.35. The van der Waals surface area contributed by atoms with E-state index >= 15 is 0 Å². The van der Waals surface area contributed by atoms with Crippen molar-refractivity contribution in [2.75, 3.05) is 5.75 Å². The summed E-state index contributed by atoms with van der Waals surface area (Å²) in [5, 5.41) is 11.5. The number of thioether (sulfide) groups is 1. The van der Waals surface area contributed by atoms with Crippen LogP contribution in [0, 0.1) is 5.82 Å². The zero-order chi connectivity index (χ0) is 12.8. The summed E-state index contributed by atoms with van der Waals surface area (Å²) in [5.41, 5.74) is -0.738. The fourth-order valence-electron chi connectivity index (χ4n) is 2.51. The summed E-state index contributed by atoms with van der Waals surface area (Å²) >= 11 is 1.73. The number of rotatable bonds is 1. The zero-order valence-electron chi connectivity index (χ0n) is 10.1. The SMILES string of the molecule is CC1SCCCC1(O)c1cc2cccc(F)c2o1. The third kappa shape index (κ3) is 1.75. The minimum atomic E-state index is -0.978. The molecule has 1 aliphatic rings. The fourth-order valence-corrected chi connectivity index (χ4v) is 3.68. The van der Waals surface area contributed by atoms with Gasteiger partial charge in [0.2, 0.25) is 0 Å². The Balaban J connectivity index is 2.11. The van der Waals surface area contributed by atoms with E-state index in [1.165, 1.54) is 6.07 Å². The summed E-state index contributed by atoms with van der Waals surface area (Å²) in [5.74, 6) is 1.17. The van der Waals surface area contributed by atoms with Crippen molar-refractivity contribution in [3.63, 3.8) is 0 Å². The minimum absolute atomic E-state index is 0.0647. The first-order valence-corrected chi connectivity index (χ1v) is 7.18. The van der Waals surface area contributed by atoms with E-state index in [-0.39, 0.29) is 16.7 Å². The molecule has 1 aromatic carbocycles. The second-order valence-electron chi connectivity index (χ2n) is 4.81. The van der Waals surface area contributed by atoms with Crippen LogP contribution in [0.3, 0.4) is 0 Å². The lowest BCUT2D eigenvalue weighted by molar-refractivity contribution is 0.00562. The molecule has 2 atom stereocenters. The summed E-state index contributed by atoms with van der Waals surface area (Å²) in [6.07, 6.45) is 1.62. The monoisotopic (exact) mass is 266 g/mol. The smallest absolute Gasteiger partial charge is 0.170 e. The Hall–Kier alpha value is -1.00. The fraction of sp³-hybridized carbons (Fsp3) is 0.429. The van der Waals surface area contributed by atoms with Gasteiger partial charge in [-0.05, 0) is 30.7 Å². The lowest BCUT2D eigenvalue weighted by atomic mass is 9.91. The van der Waals surface area contributed by atoms with Gasteiger partial charge in [0, 0.05) is 10.6 Å². The second kappa shape index (κ2) is 4.28. The van der Waals surface area contributed by atoms with Crippen molar-refractivity contribution in [1.29, 1.82) is 0 Å².